The van der Waals surface area contributed by atoms with Crippen LogP contribution in [0.5, 0.6) is 0 Å². The number of rotatable bonds is 1. The van der Waals surface area contributed by atoms with Gasteiger partial charge in [0, 0.05) is 17.8 Å². The van der Waals surface area contributed by atoms with E-state index in [4.69, 9.17) is 10.3 Å². The van der Waals surface area contributed by atoms with E-state index in [0.717, 1.165) is 5.39 Å². The fraction of sp³-hybridized carbons (Fsp3) is 0. The molecule has 84 valence electrons. The van der Waals surface area contributed by atoms with Crippen LogP contribution in [0, 0.1) is 0 Å². The lowest BCUT2D eigenvalue weighted by Crippen LogP contribution is -2.13. The third-order valence-electron chi connectivity index (χ3n) is 2.55. The molecule has 0 radical (unpaired) electrons. The zero-order valence-corrected chi connectivity index (χ0v) is 8.83. The number of hydrogen-bond acceptors (Lipinski definition) is 4. The van der Waals surface area contributed by atoms with Crippen molar-refractivity contribution in [2.45, 2.75) is 0 Å². The second kappa shape index (κ2) is 3.48. The SMILES string of the molecule is Nn1ccnc1-c1cc2ccccc2oc1=O. The number of hydrogen-bond donors (Lipinski definition) is 1. The summed E-state index contributed by atoms with van der Waals surface area (Å²) in [6, 6.07) is 9.03. The van der Waals surface area contributed by atoms with Gasteiger partial charge in [0.2, 0.25) is 0 Å². The van der Waals surface area contributed by atoms with E-state index in [2.05, 4.69) is 4.98 Å². The maximum absolute atomic E-state index is 11.8. The lowest BCUT2D eigenvalue weighted by Gasteiger charge is -2.01. The van der Waals surface area contributed by atoms with Crippen molar-refractivity contribution in [3.63, 3.8) is 0 Å². The Balaban J connectivity index is 2.34. The summed E-state index contributed by atoms with van der Waals surface area (Å²) in [6.07, 6.45) is 3.11. The Bertz CT molecular complexity index is 743. The topological polar surface area (TPSA) is 74.1 Å². The summed E-state index contributed by atoms with van der Waals surface area (Å²) >= 11 is 0. The van der Waals surface area contributed by atoms with E-state index < -0.39 is 5.63 Å². The van der Waals surface area contributed by atoms with Crippen LogP contribution in [0.25, 0.3) is 22.4 Å². The minimum atomic E-state index is -0.443. The monoisotopic (exact) mass is 227 g/mol. The molecule has 0 aliphatic rings. The number of aromatic nitrogens is 2. The Morgan fingerprint density at radius 3 is 2.88 bits per heavy atom. The standard InChI is InChI=1S/C12H9N3O2/c13-15-6-5-14-11(15)9-7-8-3-1-2-4-10(8)17-12(9)16/h1-7H,13H2. The quantitative estimate of drug-likeness (QED) is 0.503. The van der Waals surface area contributed by atoms with Crippen LogP contribution in [-0.2, 0) is 0 Å². The molecule has 1 aromatic carbocycles. The van der Waals surface area contributed by atoms with Crippen molar-refractivity contribution < 1.29 is 4.42 Å². The number of nitrogen functional groups attached to an aromatic ring is 1. The van der Waals surface area contributed by atoms with Crippen LogP contribution in [0.2, 0.25) is 0 Å². The van der Waals surface area contributed by atoms with Gasteiger partial charge in [0.25, 0.3) is 0 Å². The highest BCUT2D eigenvalue weighted by molar-refractivity contribution is 5.80. The fourth-order valence-corrected chi connectivity index (χ4v) is 1.74. The van der Waals surface area contributed by atoms with Gasteiger partial charge in [0.1, 0.15) is 11.1 Å². The van der Waals surface area contributed by atoms with Crippen LogP contribution in [0.1, 0.15) is 0 Å². The van der Waals surface area contributed by atoms with Gasteiger partial charge in [-0.1, -0.05) is 18.2 Å². The normalized spacial score (nSPS) is 10.8. The van der Waals surface area contributed by atoms with Gasteiger partial charge in [0.05, 0.1) is 0 Å². The van der Waals surface area contributed by atoms with Crippen molar-refractivity contribution in [2.24, 2.45) is 0 Å². The number of fused-ring (bicyclic) bond motifs is 1. The highest BCUT2D eigenvalue weighted by Gasteiger charge is 2.11. The highest BCUT2D eigenvalue weighted by atomic mass is 16.4. The zero-order valence-electron chi connectivity index (χ0n) is 8.83. The molecule has 0 bridgehead atoms. The van der Waals surface area contributed by atoms with E-state index in [0.29, 0.717) is 17.0 Å². The summed E-state index contributed by atoms with van der Waals surface area (Å²) in [4.78, 5) is 15.8. The Kier molecular flexibility index (Phi) is 1.98. The summed E-state index contributed by atoms with van der Waals surface area (Å²) < 4.78 is 6.50. The molecule has 0 saturated carbocycles. The van der Waals surface area contributed by atoms with Crippen LogP contribution in [0.15, 0.2) is 51.9 Å². The zero-order chi connectivity index (χ0) is 11.8. The number of para-hydroxylation sites is 1. The van der Waals surface area contributed by atoms with Crippen molar-refractivity contribution in [1.82, 2.24) is 9.66 Å². The minimum Gasteiger partial charge on any atom is -0.422 e. The number of nitrogens with two attached hydrogens (primary N) is 1. The highest BCUT2D eigenvalue weighted by Crippen LogP contribution is 2.18. The maximum atomic E-state index is 11.8. The summed E-state index contributed by atoms with van der Waals surface area (Å²) in [7, 11) is 0. The van der Waals surface area contributed by atoms with Gasteiger partial charge in [0.15, 0.2) is 5.82 Å². The van der Waals surface area contributed by atoms with Crippen LogP contribution in [0.3, 0.4) is 0 Å². The van der Waals surface area contributed by atoms with Gasteiger partial charge < -0.3 is 10.3 Å². The second-order valence-electron chi connectivity index (χ2n) is 3.64. The summed E-state index contributed by atoms with van der Waals surface area (Å²) in [5.74, 6) is 6.05. The Morgan fingerprint density at radius 2 is 2.12 bits per heavy atom. The van der Waals surface area contributed by atoms with Crippen molar-refractivity contribution in [3.05, 3.63) is 53.1 Å². The molecule has 5 heteroatoms. The van der Waals surface area contributed by atoms with Crippen molar-refractivity contribution in [1.29, 1.82) is 0 Å². The molecule has 2 N–H and O–H groups in total. The number of imidazole rings is 1. The van der Waals surface area contributed by atoms with E-state index >= 15 is 0 Å². The smallest absolute Gasteiger partial charge is 0.347 e. The molecule has 3 aromatic rings. The molecule has 17 heavy (non-hydrogen) atoms. The molecule has 0 amide bonds. The molecule has 0 spiro atoms. The average molecular weight is 227 g/mol. The molecular weight excluding hydrogens is 218 g/mol. The summed E-state index contributed by atoms with van der Waals surface area (Å²) in [6.45, 7) is 0. The largest absolute Gasteiger partial charge is 0.422 e. The van der Waals surface area contributed by atoms with Gasteiger partial charge in [-0.25, -0.2) is 9.78 Å². The first-order valence-electron chi connectivity index (χ1n) is 5.07. The van der Waals surface area contributed by atoms with Gasteiger partial charge in [-0.3, -0.25) is 4.68 Å². The maximum Gasteiger partial charge on any atom is 0.347 e. The van der Waals surface area contributed by atoms with Crippen LogP contribution < -0.4 is 11.5 Å². The van der Waals surface area contributed by atoms with E-state index in [9.17, 15) is 4.79 Å². The molecular formula is C12H9N3O2. The van der Waals surface area contributed by atoms with Gasteiger partial charge in [-0.05, 0) is 12.1 Å². The number of nitrogens with zero attached hydrogens (tertiary/aromatic N) is 2. The summed E-state index contributed by atoms with van der Waals surface area (Å²) in [5.41, 5.74) is 0.467. The van der Waals surface area contributed by atoms with E-state index in [-0.39, 0.29) is 0 Å². The van der Waals surface area contributed by atoms with Crippen molar-refractivity contribution in [2.75, 3.05) is 5.84 Å². The lowest BCUT2D eigenvalue weighted by atomic mass is 10.2. The van der Waals surface area contributed by atoms with Gasteiger partial charge >= 0.3 is 5.63 Å². The van der Waals surface area contributed by atoms with E-state index in [1.165, 1.54) is 10.9 Å². The first-order valence-corrected chi connectivity index (χ1v) is 5.07. The minimum absolute atomic E-state index is 0.358. The Morgan fingerprint density at radius 1 is 1.29 bits per heavy atom. The van der Waals surface area contributed by atoms with Crippen LogP contribution in [0.4, 0.5) is 0 Å². The molecule has 0 saturated heterocycles. The first-order chi connectivity index (χ1) is 8.25. The molecule has 2 heterocycles. The molecule has 0 atom stereocenters. The van der Waals surface area contributed by atoms with E-state index in [1.807, 2.05) is 18.2 Å². The first kappa shape index (κ1) is 9.65. The van der Waals surface area contributed by atoms with Crippen molar-refractivity contribution >= 4 is 11.0 Å². The molecule has 2 aromatic heterocycles. The van der Waals surface area contributed by atoms with E-state index in [1.54, 1.807) is 18.3 Å². The average Bonchev–Trinajstić information content (AvgIpc) is 2.74. The van der Waals surface area contributed by atoms with Crippen LogP contribution in [-0.4, -0.2) is 9.66 Å². The second-order valence-corrected chi connectivity index (χ2v) is 3.64. The third kappa shape index (κ3) is 1.48. The molecule has 0 fully saturated rings. The van der Waals surface area contributed by atoms with Gasteiger partial charge in [-0.15, -0.1) is 0 Å². The molecule has 5 nitrogen and oxygen atoms in total. The predicted molar refractivity (Wildman–Crippen MR) is 63.9 cm³/mol. The Hall–Kier alpha value is -2.56. The lowest BCUT2D eigenvalue weighted by molar-refractivity contribution is 0.562. The molecule has 3 rings (SSSR count). The molecule has 0 aliphatic heterocycles. The third-order valence-corrected chi connectivity index (χ3v) is 2.55. The molecule has 0 aliphatic carbocycles. The Labute approximate surface area is 96.1 Å². The molecule has 0 unspecified atom stereocenters. The van der Waals surface area contributed by atoms with Crippen molar-refractivity contribution in [3.8, 4) is 11.4 Å². The fourth-order valence-electron chi connectivity index (χ4n) is 1.74. The van der Waals surface area contributed by atoms with Crippen LogP contribution >= 0.6 is 0 Å². The predicted octanol–water partition coefficient (Wildman–Crippen LogP) is 1.37. The summed E-state index contributed by atoms with van der Waals surface area (Å²) in [5, 5.41) is 0.838. The number of benzene rings is 1. The van der Waals surface area contributed by atoms with Gasteiger partial charge in [-0.2, -0.15) is 0 Å².